The van der Waals surface area contributed by atoms with E-state index in [4.69, 9.17) is 10.2 Å². The fourth-order valence-electron chi connectivity index (χ4n) is 2.06. The maximum absolute atomic E-state index is 11.8. The fraction of sp³-hybridized carbons (Fsp3) is 0.833. The van der Waals surface area contributed by atoms with Crippen molar-refractivity contribution in [1.82, 2.24) is 10.2 Å². The summed E-state index contributed by atoms with van der Waals surface area (Å²) < 4.78 is 0. The van der Waals surface area contributed by atoms with Gasteiger partial charge in [0.15, 0.2) is 0 Å². The molecule has 0 radical (unpaired) electrons. The number of carboxylic acid groups (broad SMARTS) is 1. The summed E-state index contributed by atoms with van der Waals surface area (Å²) >= 11 is 0. The largest absolute Gasteiger partial charge is 0.481 e. The Bertz CT molecular complexity index is 284. The fourth-order valence-corrected chi connectivity index (χ4v) is 2.06. The predicted molar refractivity (Wildman–Crippen MR) is 66.1 cm³/mol. The third-order valence-corrected chi connectivity index (χ3v) is 3.45. The molecule has 1 rings (SSSR count). The molecule has 0 saturated carbocycles. The van der Waals surface area contributed by atoms with Crippen molar-refractivity contribution in [3.05, 3.63) is 0 Å². The van der Waals surface area contributed by atoms with E-state index >= 15 is 0 Å². The Morgan fingerprint density at radius 3 is 2.44 bits per heavy atom. The molecule has 1 fully saturated rings. The first-order valence-corrected chi connectivity index (χ1v) is 6.43. The van der Waals surface area contributed by atoms with Gasteiger partial charge in [-0.2, -0.15) is 0 Å². The monoisotopic (exact) mass is 258 g/mol. The van der Waals surface area contributed by atoms with Crippen LogP contribution < -0.4 is 5.32 Å². The van der Waals surface area contributed by atoms with E-state index in [1.165, 1.54) is 0 Å². The Morgan fingerprint density at radius 2 is 2.00 bits per heavy atom. The summed E-state index contributed by atoms with van der Waals surface area (Å²) in [6, 6.07) is -0.0505. The van der Waals surface area contributed by atoms with E-state index in [-0.39, 0.29) is 31.0 Å². The third-order valence-electron chi connectivity index (χ3n) is 3.45. The van der Waals surface area contributed by atoms with E-state index in [0.29, 0.717) is 25.9 Å². The summed E-state index contributed by atoms with van der Waals surface area (Å²) in [4.78, 5) is 24.3. The van der Waals surface area contributed by atoms with Crippen LogP contribution in [0.25, 0.3) is 0 Å². The van der Waals surface area contributed by atoms with E-state index in [9.17, 15) is 9.59 Å². The SMILES string of the molecule is CCC(CO)NCC(=O)N1CCC(C(=O)O)CC1. The maximum atomic E-state index is 11.8. The molecule has 0 aromatic carbocycles. The second kappa shape index (κ2) is 7.33. The molecule has 18 heavy (non-hydrogen) atoms. The molecule has 1 unspecified atom stereocenters. The molecule has 0 spiro atoms. The molecule has 6 nitrogen and oxygen atoms in total. The molecule has 1 amide bonds. The van der Waals surface area contributed by atoms with Gasteiger partial charge in [-0.05, 0) is 19.3 Å². The third kappa shape index (κ3) is 4.27. The van der Waals surface area contributed by atoms with Crippen LogP contribution in [0, 0.1) is 5.92 Å². The maximum Gasteiger partial charge on any atom is 0.306 e. The number of rotatable bonds is 6. The number of carboxylic acids is 1. The topological polar surface area (TPSA) is 89.9 Å². The normalized spacial score (nSPS) is 18.7. The first-order chi connectivity index (χ1) is 8.58. The molecule has 1 atom stereocenters. The number of carbonyl (C=O) groups is 2. The average molecular weight is 258 g/mol. The lowest BCUT2D eigenvalue weighted by atomic mass is 9.97. The van der Waals surface area contributed by atoms with E-state index < -0.39 is 5.97 Å². The van der Waals surface area contributed by atoms with Gasteiger partial charge in [-0.3, -0.25) is 9.59 Å². The zero-order valence-electron chi connectivity index (χ0n) is 10.8. The van der Waals surface area contributed by atoms with Crippen LogP contribution in [0.4, 0.5) is 0 Å². The van der Waals surface area contributed by atoms with Crippen LogP contribution >= 0.6 is 0 Å². The van der Waals surface area contributed by atoms with Crippen LogP contribution in [-0.4, -0.2) is 59.3 Å². The molecular formula is C12H22N2O4. The van der Waals surface area contributed by atoms with Gasteiger partial charge in [0.05, 0.1) is 19.1 Å². The zero-order valence-corrected chi connectivity index (χ0v) is 10.8. The molecule has 1 aliphatic heterocycles. The van der Waals surface area contributed by atoms with Crippen molar-refractivity contribution >= 4 is 11.9 Å². The number of nitrogens with zero attached hydrogens (tertiary/aromatic N) is 1. The van der Waals surface area contributed by atoms with Gasteiger partial charge in [-0.25, -0.2) is 0 Å². The van der Waals surface area contributed by atoms with Crippen molar-refractivity contribution in [2.75, 3.05) is 26.2 Å². The smallest absolute Gasteiger partial charge is 0.306 e. The van der Waals surface area contributed by atoms with Gasteiger partial charge in [-0.15, -0.1) is 0 Å². The number of hydrogen-bond donors (Lipinski definition) is 3. The van der Waals surface area contributed by atoms with Crippen LogP contribution in [0.2, 0.25) is 0 Å². The van der Waals surface area contributed by atoms with E-state index in [2.05, 4.69) is 5.32 Å². The van der Waals surface area contributed by atoms with Gasteiger partial charge in [0.2, 0.25) is 5.91 Å². The number of aliphatic hydroxyl groups excluding tert-OH is 1. The van der Waals surface area contributed by atoms with Crippen molar-refractivity contribution in [2.45, 2.75) is 32.2 Å². The van der Waals surface area contributed by atoms with Crippen LogP contribution in [0.15, 0.2) is 0 Å². The Balaban J connectivity index is 2.29. The van der Waals surface area contributed by atoms with Gasteiger partial charge in [0, 0.05) is 19.1 Å². The summed E-state index contributed by atoms with van der Waals surface area (Å²) in [7, 11) is 0. The molecule has 1 aliphatic rings. The van der Waals surface area contributed by atoms with Crippen LogP contribution in [-0.2, 0) is 9.59 Å². The van der Waals surface area contributed by atoms with Crippen molar-refractivity contribution in [3.63, 3.8) is 0 Å². The van der Waals surface area contributed by atoms with E-state index in [1.54, 1.807) is 4.90 Å². The van der Waals surface area contributed by atoms with Gasteiger partial charge in [0.25, 0.3) is 0 Å². The summed E-state index contributed by atoms with van der Waals surface area (Å²) in [5.41, 5.74) is 0. The van der Waals surface area contributed by atoms with E-state index in [0.717, 1.165) is 6.42 Å². The van der Waals surface area contributed by atoms with Gasteiger partial charge >= 0.3 is 5.97 Å². The van der Waals surface area contributed by atoms with E-state index in [1.807, 2.05) is 6.92 Å². The van der Waals surface area contributed by atoms with Crippen molar-refractivity contribution in [1.29, 1.82) is 0 Å². The quantitative estimate of drug-likeness (QED) is 0.607. The first kappa shape index (κ1) is 14.9. The molecular weight excluding hydrogens is 236 g/mol. The summed E-state index contributed by atoms with van der Waals surface area (Å²) in [5.74, 6) is -1.11. The summed E-state index contributed by atoms with van der Waals surface area (Å²) in [5, 5.41) is 20.8. The second-order valence-corrected chi connectivity index (χ2v) is 4.66. The molecule has 104 valence electrons. The van der Waals surface area contributed by atoms with Crippen LogP contribution in [0.3, 0.4) is 0 Å². The van der Waals surface area contributed by atoms with Crippen molar-refractivity contribution in [2.24, 2.45) is 5.92 Å². The zero-order chi connectivity index (χ0) is 13.5. The summed E-state index contributed by atoms with van der Waals surface area (Å²) in [6.07, 6.45) is 1.82. The number of nitrogens with one attached hydrogen (secondary N) is 1. The standard InChI is InChI=1S/C12H22N2O4/c1-2-10(8-15)13-7-11(16)14-5-3-9(4-6-14)12(17)18/h9-10,13,15H,2-8H2,1H3,(H,17,18). The minimum atomic E-state index is -0.772. The highest BCUT2D eigenvalue weighted by Gasteiger charge is 2.26. The summed E-state index contributed by atoms with van der Waals surface area (Å²) in [6.45, 7) is 3.18. The number of aliphatic carboxylic acids is 1. The Kier molecular flexibility index (Phi) is 6.07. The highest BCUT2D eigenvalue weighted by atomic mass is 16.4. The Hall–Kier alpha value is -1.14. The van der Waals surface area contributed by atoms with Crippen molar-refractivity contribution in [3.8, 4) is 0 Å². The first-order valence-electron chi connectivity index (χ1n) is 6.43. The highest BCUT2D eigenvalue weighted by molar-refractivity contribution is 5.79. The lowest BCUT2D eigenvalue weighted by Gasteiger charge is -2.30. The Labute approximate surface area is 107 Å². The predicted octanol–water partition coefficient (Wildman–Crippen LogP) is -0.330. The lowest BCUT2D eigenvalue weighted by molar-refractivity contribution is -0.145. The second-order valence-electron chi connectivity index (χ2n) is 4.66. The Morgan fingerprint density at radius 1 is 1.39 bits per heavy atom. The number of carbonyl (C=O) groups excluding carboxylic acids is 1. The lowest BCUT2D eigenvalue weighted by Crippen LogP contribution is -2.46. The van der Waals surface area contributed by atoms with Crippen LogP contribution in [0.1, 0.15) is 26.2 Å². The molecule has 1 saturated heterocycles. The average Bonchev–Trinajstić information content (AvgIpc) is 2.39. The molecule has 3 N–H and O–H groups in total. The molecule has 0 aromatic heterocycles. The molecule has 6 heteroatoms. The number of aliphatic hydroxyl groups is 1. The van der Waals surface area contributed by atoms with Gasteiger partial charge < -0.3 is 20.4 Å². The van der Waals surface area contributed by atoms with Crippen molar-refractivity contribution < 1.29 is 19.8 Å². The number of likely N-dealkylation sites (tertiary alicyclic amines) is 1. The minimum absolute atomic E-state index is 0.0187. The highest BCUT2D eigenvalue weighted by Crippen LogP contribution is 2.17. The number of hydrogen-bond acceptors (Lipinski definition) is 4. The molecule has 1 heterocycles. The minimum Gasteiger partial charge on any atom is -0.481 e. The van der Waals surface area contributed by atoms with Gasteiger partial charge in [0.1, 0.15) is 0 Å². The number of amides is 1. The van der Waals surface area contributed by atoms with Crippen LogP contribution in [0.5, 0.6) is 0 Å². The molecule has 0 aliphatic carbocycles. The van der Waals surface area contributed by atoms with Gasteiger partial charge in [-0.1, -0.05) is 6.92 Å². The molecule has 0 aromatic rings. The molecule has 0 bridgehead atoms. The number of piperidine rings is 1.